The number of carbonyl (C=O) groups excluding carboxylic acids is 1. The molecule has 34 heavy (non-hydrogen) atoms. The molecule has 0 bridgehead atoms. The first-order valence-corrected chi connectivity index (χ1v) is 11.9. The fourth-order valence-electron chi connectivity index (χ4n) is 3.96. The van der Waals surface area contributed by atoms with Crippen molar-refractivity contribution in [3.8, 4) is 11.5 Å². The maximum absolute atomic E-state index is 13.6. The van der Waals surface area contributed by atoms with Gasteiger partial charge in [0.2, 0.25) is 15.6 Å². The zero-order chi connectivity index (χ0) is 24.0. The molecule has 0 saturated carbocycles. The van der Waals surface area contributed by atoms with Gasteiger partial charge in [-0.15, -0.1) is 5.10 Å². The Labute approximate surface area is 203 Å². The molecule has 5 rings (SSSR count). The first-order chi connectivity index (χ1) is 16.2. The van der Waals surface area contributed by atoms with Crippen LogP contribution in [-0.2, 0) is 17.5 Å². The predicted octanol–water partition coefficient (Wildman–Crippen LogP) is 3.80. The van der Waals surface area contributed by atoms with E-state index < -0.39 is 11.2 Å². The SMILES string of the molecule is CC1CN(c2sc(C(F)(F)F)nc2-c2nc3ccccc3[nH]2)CCN1C(=O)Cn1cnc(Br)n1. The molecule has 9 nitrogen and oxygen atoms in total. The van der Waals surface area contributed by atoms with E-state index in [2.05, 4.69) is 41.0 Å². The highest BCUT2D eigenvalue weighted by Gasteiger charge is 2.39. The zero-order valence-electron chi connectivity index (χ0n) is 17.8. The Kier molecular flexibility index (Phi) is 5.80. The fourth-order valence-corrected chi connectivity index (χ4v) is 5.22. The van der Waals surface area contributed by atoms with E-state index >= 15 is 0 Å². The van der Waals surface area contributed by atoms with Gasteiger partial charge in [-0.05, 0) is 35.0 Å². The minimum absolute atomic E-state index is 0.0337. The van der Waals surface area contributed by atoms with Crippen LogP contribution in [0.4, 0.5) is 18.2 Å². The molecule has 1 saturated heterocycles. The van der Waals surface area contributed by atoms with Gasteiger partial charge < -0.3 is 14.8 Å². The van der Waals surface area contributed by atoms with E-state index in [-0.39, 0.29) is 30.0 Å². The van der Waals surface area contributed by atoms with E-state index in [0.717, 1.165) is 0 Å². The molecule has 1 N–H and O–H groups in total. The number of nitrogens with one attached hydrogen (secondary N) is 1. The molecule has 1 aromatic carbocycles. The summed E-state index contributed by atoms with van der Waals surface area (Å²) in [6.07, 6.45) is -3.11. The predicted molar refractivity (Wildman–Crippen MR) is 123 cm³/mol. The second-order valence-electron chi connectivity index (χ2n) is 7.87. The number of benzene rings is 1. The van der Waals surface area contributed by atoms with Crippen LogP contribution in [0.2, 0.25) is 0 Å². The molecule has 3 aromatic heterocycles. The summed E-state index contributed by atoms with van der Waals surface area (Å²) in [5.74, 6) is 0.146. The average molecular weight is 555 g/mol. The Morgan fingerprint density at radius 2 is 2.06 bits per heavy atom. The number of H-pyrrole nitrogens is 1. The second-order valence-corrected chi connectivity index (χ2v) is 9.55. The lowest BCUT2D eigenvalue weighted by molar-refractivity contribution is -0.137. The number of amides is 1. The summed E-state index contributed by atoms with van der Waals surface area (Å²) in [4.78, 5) is 31.7. The topological polar surface area (TPSA) is 95.8 Å². The number of imidazole rings is 1. The van der Waals surface area contributed by atoms with Gasteiger partial charge in [0.15, 0.2) is 5.82 Å². The van der Waals surface area contributed by atoms with E-state index in [0.29, 0.717) is 51.7 Å². The van der Waals surface area contributed by atoms with Crippen LogP contribution >= 0.6 is 27.3 Å². The summed E-state index contributed by atoms with van der Waals surface area (Å²) in [5.41, 5.74) is 1.52. The van der Waals surface area contributed by atoms with Gasteiger partial charge in [0, 0.05) is 25.7 Å². The summed E-state index contributed by atoms with van der Waals surface area (Å²) in [5, 5.41) is 3.51. The highest BCUT2D eigenvalue weighted by atomic mass is 79.9. The summed E-state index contributed by atoms with van der Waals surface area (Å²) < 4.78 is 42.5. The molecule has 0 spiro atoms. The Morgan fingerprint density at radius 1 is 1.26 bits per heavy atom. The number of carbonyl (C=O) groups is 1. The third-order valence-electron chi connectivity index (χ3n) is 5.51. The number of aromatic nitrogens is 6. The number of aromatic amines is 1. The van der Waals surface area contributed by atoms with E-state index in [4.69, 9.17) is 0 Å². The molecule has 1 aliphatic rings. The largest absolute Gasteiger partial charge is 0.443 e. The van der Waals surface area contributed by atoms with Gasteiger partial charge in [0.1, 0.15) is 23.6 Å². The van der Waals surface area contributed by atoms with Gasteiger partial charge >= 0.3 is 6.18 Å². The third kappa shape index (κ3) is 4.39. The second kappa shape index (κ2) is 8.65. The van der Waals surface area contributed by atoms with Crippen molar-refractivity contribution in [3.05, 3.63) is 40.3 Å². The van der Waals surface area contributed by atoms with Crippen LogP contribution in [0.5, 0.6) is 0 Å². The highest BCUT2D eigenvalue weighted by molar-refractivity contribution is 9.10. The number of fused-ring (bicyclic) bond motifs is 1. The van der Waals surface area contributed by atoms with Crippen molar-refractivity contribution in [2.24, 2.45) is 0 Å². The molecule has 1 fully saturated rings. The van der Waals surface area contributed by atoms with Gasteiger partial charge in [-0.1, -0.05) is 23.5 Å². The van der Waals surface area contributed by atoms with Crippen LogP contribution in [0.15, 0.2) is 35.3 Å². The summed E-state index contributed by atoms with van der Waals surface area (Å²) in [6.45, 7) is 2.98. The smallest absolute Gasteiger partial charge is 0.358 e. The fraction of sp³-hybridized carbons (Fsp3) is 0.350. The number of para-hydroxylation sites is 2. The molecule has 1 unspecified atom stereocenters. The molecule has 1 atom stereocenters. The first-order valence-electron chi connectivity index (χ1n) is 10.3. The van der Waals surface area contributed by atoms with E-state index in [1.54, 1.807) is 11.0 Å². The zero-order valence-corrected chi connectivity index (χ0v) is 20.2. The number of anilines is 1. The van der Waals surface area contributed by atoms with Crippen LogP contribution in [0, 0.1) is 0 Å². The van der Waals surface area contributed by atoms with Gasteiger partial charge in [0.05, 0.1) is 11.0 Å². The normalized spacial score (nSPS) is 17.0. The van der Waals surface area contributed by atoms with E-state index in [1.807, 2.05) is 30.0 Å². The maximum atomic E-state index is 13.6. The summed E-state index contributed by atoms with van der Waals surface area (Å²) >= 11 is 3.74. The summed E-state index contributed by atoms with van der Waals surface area (Å²) in [7, 11) is 0. The Balaban J connectivity index is 1.41. The number of hydrogen-bond donors (Lipinski definition) is 1. The van der Waals surface area contributed by atoms with Crippen molar-refractivity contribution in [3.63, 3.8) is 0 Å². The first kappa shape index (κ1) is 22.8. The van der Waals surface area contributed by atoms with Crippen molar-refractivity contribution in [2.45, 2.75) is 25.7 Å². The monoisotopic (exact) mass is 554 g/mol. The van der Waals surface area contributed by atoms with Crippen molar-refractivity contribution >= 4 is 49.2 Å². The lowest BCUT2D eigenvalue weighted by Crippen LogP contribution is -2.54. The molecular formula is C20H18BrF3N8OS. The van der Waals surface area contributed by atoms with Crippen LogP contribution in [0.1, 0.15) is 11.9 Å². The Morgan fingerprint density at radius 3 is 2.74 bits per heavy atom. The molecule has 4 aromatic rings. The molecule has 0 radical (unpaired) electrons. The van der Waals surface area contributed by atoms with Crippen molar-refractivity contribution < 1.29 is 18.0 Å². The van der Waals surface area contributed by atoms with E-state index in [1.165, 1.54) is 11.0 Å². The molecule has 178 valence electrons. The van der Waals surface area contributed by atoms with Crippen LogP contribution < -0.4 is 4.90 Å². The van der Waals surface area contributed by atoms with Gasteiger partial charge in [-0.25, -0.2) is 19.6 Å². The number of halogens is 4. The number of thiazole rings is 1. The van der Waals surface area contributed by atoms with Crippen LogP contribution in [0.3, 0.4) is 0 Å². The summed E-state index contributed by atoms with van der Waals surface area (Å²) in [6, 6.07) is 7.00. The standard InChI is InChI=1S/C20H18BrF3N8OS/c1-11-8-30(6-7-32(11)14(33)9-31-10-25-19(21)29-31)17-15(28-18(34-17)20(22,23)24)16-26-12-4-2-3-5-13(12)27-16/h2-5,10-11H,6-9H2,1H3,(H,26,27). The Bertz CT molecular complexity index is 1320. The number of hydrogen-bond acceptors (Lipinski definition) is 7. The van der Waals surface area contributed by atoms with Gasteiger partial charge in [-0.2, -0.15) is 13.2 Å². The van der Waals surface area contributed by atoms with Crippen LogP contribution in [-0.4, -0.2) is 66.2 Å². The molecule has 0 aliphatic carbocycles. The number of nitrogens with zero attached hydrogens (tertiary/aromatic N) is 7. The average Bonchev–Trinajstić information content (AvgIpc) is 3.50. The maximum Gasteiger partial charge on any atom is 0.443 e. The molecular weight excluding hydrogens is 537 g/mol. The van der Waals surface area contributed by atoms with Crippen molar-refractivity contribution in [1.82, 2.24) is 34.6 Å². The number of alkyl halides is 3. The quantitative estimate of drug-likeness (QED) is 0.412. The highest BCUT2D eigenvalue weighted by Crippen LogP contribution is 2.42. The minimum Gasteiger partial charge on any atom is -0.358 e. The van der Waals surface area contributed by atoms with Crippen molar-refractivity contribution in [1.29, 1.82) is 0 Å². The number of rotatable bonds is 4. The van der Waals surface area contributed by atoms with Crippen molar-refractivity contribution in [2.75, 3.05) is 24.5 Å². The lowest BCUT2D eigenvalue weighted by Gasteiger charge is -2.40. The van der Waals surface area contributed by atoms with Gasteiger partial charge in [-0.3, -0.25) is 4.79 Å². The van der Waals surface area contributed by atoms with E-state index in [9.17, 15) is 18.0 Å². The van der Waals surface area contributed by atoms with Gasteiger partial charge in [0.25, 0.3) is 0 Å². The lowest BCUT2D eigenvalue weighted by atomic mass is 10.2. The minimum atomic E-state index is -4.57. The molecule has 4 heterocycles. The molecule has 14 heteroatoms. The third-order valence-corrected chi connectivity index (χ3v) is 7.03. The molecule has 1 aliphatic heterocycles. The Hall–Kier alpha value is -3.00. The molecule has 1 amide bonds. The number of piperazine rings is 1. The van der Waals surface area contributed by atoms with Crippen LogP contribution in [0.25, 0.3) is 22.6 Å².